The minimum Gasteiger partial charge on any atom is -0.455 e. The molecule has 4 aromatic heterocycles. The molecular weight excluding hydrogens is 783 g/mol. The number of para-hydroxylation sites is 4. The third kappa shape index (κ3) is 5.73. The molecule has 4 heterocycles. The van der Waals surface area contributed by atoms with Crippen LogP contribution in [0.4, 0.5) is 0 Å². The Morgan fingerprint density at radius 2 is 0.953 bits per heavy atom. The second-order valence-corrected chi connectivity index (χ2v) is 16.2. The molecular formula is C58H35N5O. The number of aromatic nitrogens is 5. The molecule has 0 atom stereocenters. The number of hydrogen-bond acceptors (Lipinski definition) is 5. The molecule has 0 bridgehead atoms. The molecule has 298 valence electrons. The van der Waals surface area contributed by atoms with Gasteiger partial charge in [-0.05, 0) is 65.0 Å². The topological polar surface area (TPSA) is 69.6 Å². The molecule has 0 unspecified atom stereocenters. The van der Waals surface area contributed by atoms with Gasteiger partial charge in [-0.1, -0.05) is 164 Å². The van der Waals surface area contributed by atoms with Gasteiger partial charge in [0, 0.05) is 54.7 Å². The van der Waals surface area contributed by atoms with Crippen LogP contribution in [0, 0.1) is 0 Å². The molecule has 0 aliphatic rings. The number of pyridine rings is 1. The Balaban J connectivity index is 0.965. The fourth-order valence-electron chi connectivity index (χ4n) is 9.47. The predicted octanol–water partition coefficient (Wildman–Crippen LogP) is 14.9. The van der Waals surface area contributed by atoms with Crippen molar-refractivity contribution in [2.24, 2.45) is 0 Å². The molecule has 6 heteroatoms. The van der Waals surface area contributed by atoms with Crippen LogP contribution in [0.1, 0.15) is 0 Å². The molecule has 0 radical (unpaired) electrons. The lowest BCUT2D eigenvalue weighted by Gasteiger charge is -2.14. The Labute approximate surface area is 367 Å². The summed E-state index contributed by atoms with van der Waals surface area (Å²) in [4.78, 5) is 20.6. The Hall–Kier alpha value is -8.74. The monoisotopic (exact) mass is 817 g/mol. The second-order valence-electron chi connectivity index (χ2n) is 16.2. The van der Waals surface area contributed by atoms with E-state index in [0.717, 1.165) is 99.4 Å². The Bertz CT molecular complexity index is 3930. The van der Waals surface area contributed by atoms with E-state index >= 15 is 0 Å². The van der Waals surface area contributed by atoms with E-state index in [2.05, 4.69) is 156 Å². The SMILES string of the molecule is c1ccc(-c2nc(-c3ccc(-c4ccc5nc(-c6ccccc6)c6c(ccc7c6c6ccccc6n7-c6ccccc6)c5c4)cc3)nc(-c3cccc4c3oc3ccccc34)n2)cc1. The van der Waals surface area contributed by atoms with Crippen molar-refractivity contribution in [3.8, 4) is 62.2 Å². The van der Waals surface area contributed by atoms with Crippen LogP contribution >= 0.6 is 0 Å². The van der Waals surface area contributed by atoms with E-state index in [0.29, 0.717) is 17.5 Å². The van der Waals surface area contributed by atoms with Crippen LogP contribution in [-0.4, -0.2) is 24.5 Å². The summed E-state index contributed by atoms with van der Waals surface area (Å²) in [5.74, 6) is 1.74. The lowest BCUT2D eigenvalue weighted by atomic mass is 9.94. The van der Waals surface area contributed by atoms with Crippen LogP contribution in [-0.2, 0) is 0 Å². The van der Waals surface area contributed by atoms with Crippen LogP contribution in [0.3, 0.4) is 0 Å². The summed E-state index contributed by atoms with van der Waals surface area (Å²) in [7, 11) is 0. The van der Waals surface area contributed by atoms with Gasteiger partial charge in [-0.3, -0.25) is 0 Å². The highest BCUT2D eigenvalue weighted by Gasteiger charge is 2.21. The zero-order valence-corrected chi connectivity index (χ0v) is 34.4. The van der Waals surface area contributed by atoms with Crippen molar-refractivity contribution < 1.29 is 4.42 Å². The van der Waals surface area contributed by atoms with E-state index in [1.807, 2.05) is 60.7 Å². The van der Waals surface area contributed by atoms with E-state index in [9.17, 15) is 0 Å². The van der Waals surface area contributed by atoms with Crippen LogP contribution in [0.25, 0.3) is 128 Å². The van der Waals surface area contributed by atoms with Gasteiger partial charge in [-0.2, -0.15) is 0 Å². The third-order valence-electron chi connectivity index (χ3n) is 12.4. The van der Waals surface area contributed by atoms with Crippen molar-refractivity contribution >= 4 is 65.4 Å². The predicted molar refractivity (Wildman–Crippen MR) is 261 cm³/mol. The fourth-order valence-corrected chi connectivity index (χ4v) is 9.47. The second kappa shape index (κ2) is 14.4. The fraction of sp³-hybridized carbons (Fsp3) is 0. The van der Waals surface area contributed by atoms with Crippen LogP contribution in [0.5, 0.6) is 0 Å². The summed E-state index contributed by atoms with van der Waals surface area (Å²) >= 11 is 0. The highest BCUT2D eigenvalue weighted by molar-refractivity contribution is 6.28. The van der Waals surface area contributed by atoms with E-state index in [4.69, 9.17) is 24.4 Å². The number of hydrogen-bond donors (Lipinski definition) is 0. The van der Waals surface area contributed by atoms with Crippen molar-refractivity contribution in [2.75, 3.05) is 0 Å². The number of rotatable bonds is 6. The van der Waals surface area contributed by atoms with Crippen LogP contribution in [0.15, 0.2) is 217 Å². The molecule has 0 aliphatic carbocycles. The average Bonchev–Trinajstić information content (AvgIpc) is 3.93. The molecule has 0 amide bonds. The average molecular weight is 818 g/mol. The van der Waals surface area contributed by atoms with E-state index in [1.54, 1.807) is 0 Å². The highest BCUT2D eigenvalue weighted by Crippen LogP contribution is 2.43. The molecule has 0 saturated heterocycles. The molecule has 0 saturated carbocycles. The Kier molecular flexibility index (Phi) is 8.11. The minimum absolute atomic E-state index is 0.558. The van der Waals surface area contributed by atoms with Gasteiger partial charge in [0.25, 0.3) is 0 Å². The number of nitrogens with zero attached hydrogens (tertiary/aromatic N) is 5. The zero-order chi connectivity index (χ0) is 42.1. The third-order valence-corrected chi connectivity index (χ3v) is 12.4. The molecule has 64 heavy (non-hydrogen) atoms. The molecule has 0 fully saturated rings. The molecule has 0 aliphatic heterocycles. The summed E-state index contributed by atoms with van der Waals surface area (Å²) in [6.07, 6.45) is 0. The maximum absolute atomic E-state index is 6.43. The molecule has 6 nitrogen and oxygen atoms in total. The number of furan rings is 1. The highest BCUT2D eigenvalue weighted by atomic mass is 16.3. The molecule has 13 aromatic rings. The lowest BCUT2D eigenvalue weighted by molar-refractivity contribution is 0.669. The van der Waals surface area contributed by atoms with Crippen LogP contribution in [0.2, 0.25) is 0 Å². The number of benzene rings is 9. The first kappa shape index (κ1) is 36.0. The summed E-state index contributed by atoms with van der Waals surface area (Å²) in [5.41, 5.74) is 12.8. The Morgan fingerprint density at radius 1 is 0.344 bits per heavy atom. The summed E-state index contributed by atoms with van der Waals surface area (Å²) in [5, 5.41) is 7.89. The smallest absolute Gasteiger partial charge is 0.167 e. The van der Waals surface area contributed by atoms with E-state index < -0.39 is 0 Å². The van der Waals surface area contributed by atoms with Gasteiger partial charge in [-0.15, -0.1) is 0 Å². The quantitative estimate of drug-likeness (QED) is 0.156. The molecule has 0 spiro atoms. The van der Waals surface area contributed by atoms with Crippen molar-refractivity contribution in [2.45, 2.75) is 0 Å². The van der Waals surface area contributed by atoms with Gasteiger partial charge < -0.3 is 8.98 Å². The lowest BCUT2D eigenvalue weighted by Crippen LogP contribution is -2.00. The maximum Gasteiger partial charge on any atom is 0.167 e. The molecule has 13 rings (SSSR count). The van der Waals surface area contributed by atoms with Crippen molar-refractivity contribution in [1.29, 1.82) is 0 Å². The summed E-state index contributed by atoms with van der Waals surface area (Å²) in [6.45, 7) is 0. The van der Waals surface area contributed by atoms with Gasteiger partial charge >= 0.3 is 0 Å². The number of fused-ring (bicyclic) bond motifs is 10. The Morgan fingerprint density at radius 3 is 1.73 bits per heavy atom. The standard InChI is InChI=1S/C58H35N5O/c1-4-15-37(16-5-1)54-53-43(32-34-50-52(53)45-22-10-12-25-49(45)63(50)41-19-8-3-9-20-41)47-35-40(31-33-48(47)59-54)36-27-29-39(30-28-36)57-60-56(38-17-6-2-7-18-38)61-58(62-57)46-24-14-23-44-42-21-11-13-26-51(42)64-55(44)46/h1-35H. The largest absolute Gasteiger partial charge is 0.455 e. The summed E-state index contributed by atoms with van der Waals surface area (Å²) < 4.78 is 8.81. The van der Waals surface area contributed by atoms with Crippen LogP contribution < -0.4 is 0 Å². The summed E-state index contributed by atoms with van der Waals surface area (Å²) in [6, 6.07) is 73.9. The van der Waals surface area contributed by atoms with Crippen molar-refractivity contribution in [3.63, 3.8) is 0 Å². The van der Waals surface area contributed by atoms with E-state index in [1.165, 1.54) is 10.8 Å². The first-order valence-corrected chi connectivity index (χ1v) is 21.5. The van der Waals surface area contributed by atoms with Crippen molar-refractivity contribution in [1.82, 2.24) is 24.5 Å². The van der Waals surface area contributed by atoms with Gasteiger partial charge in [0.05, 0.1) is 27.8 Å². The van der Waals surface area contributed by atoms with Gasteiger partial charge in [0.2, 0.25) is 0 Å². The zero-order valence-electron chi connectivity index (χ0n) is 34.4. The maximum atomic E-state index is 6.43. The van der Waals surface area contributed by atoms with Crippen molar-refractivity contribution in [3.05, 3.63) is 212 Å². The minimum atomic E-state index is 0.558. The van der Waals surface area contributed by atoms with Gasteiger partial charge in [0.15, 0.2) is 17.5 Å². The van der Waals surface area contributed by atoms with Gasteiger partial charge in [0.1, 0.15) is 11.2 Å². The molecule has 0 N–H and O–H groups in total. The molecule has 9 aromatic carbocycles. The van der Waals surface area contributed by atoms with Gasteiger partial charge in [-0.25, -0.2) is 19.9 Å². The van der Waals surface area contributed by atoms with E-state index in [-0.39, 0.29) is 0 Å². The first-order valence-electron chi connectivity index (χ1n) is 21.5. The first-order chi connectivity index (χ1) is 31.7. The normalized spacial score (nSPS) is 11.8.